The normalized spacial score (nSPS) is 24.3. The van der Waals surface area contributed by atoms with Crippen molar-refractivity contribution < 1.29 is 4.39 Å². The first kappa shape index (κ1) is 12.6. The number of benzene rings is 1. The third-order valence-corrected chi connectivity index (χ3v) is 3.96. The minimum atomic E-state index is -1.21. The van der Waals surface area contributed by atoms with Crippen LogP contribution >= 0.6 is 0 Å². The molecule has 2 atom stereocenters. The van der Waals surface area contributed by atoms with Crippen LogP contribution in [0, 0.1) is 5.92 Å². The van der Waals surface area contributed by atoms with Crippen LogP contribution in [0.2, 0.25) is 0 Å². The summed E-state index contributed by atoms with van der Waals surface area (Å²) >= 11 is 0. The Kier molecular flexibility index (Phi) is 3.82. The second-order valence-corrected chi connectivity index (χ2v) is 5.17. The zero-order valence-corrected chi connectivity index (χ0v) is 10.8. The first-order chi connectivity index (χ1) is 8.14. The fraction of sp³-hybridized carbons (Fsp3) is 0.600. The van der Waals surface area contributed by atoms with Crippen molar-refractivity contribution in [1.29, 1.82) is 0 Å². The number of alkyl halides is 1. The van der Waals surface area contributed by atoms with Crippen LogP contribution in [0.3, 0.4) is 0 Å². The lowest BCUT2D eigenvalue weighted by Gasteiger charge is -2.34. The molecule has 0 aromatic heterocycles. The maximum Gasteiger partial charge on any atom is 0.137 e. The van der Waals surface area contributed by atoms with E-state index in [9.17, 15) is 4.39 Å². The molecule has 1 heterocycles. The molecule has 2 unspecified atom stereocenters. The van der Waals surface area contributed by atoms with Gasteiger partial charge in [-0.3, -0.25) is 0 Å². The Bertz CT molecular complexity index is 367. The highest BCUT2D eigenvalue weighted by molar-refractivity contribution is 5.28. The third kappa shape index (κ3) is 2.68. The van der Waals surface area contributed by atoms with Gasteiger partial charge in [-0.1, -0.05) is 31.2 Å². The number of nitrogens with one attached hydrogen (secondary N) is 1. The Morgan fingerprint density at radius 3 is 2.94 bits per heavy atom. The number of aryl methyl sites for hydroxylation is 1. The van der Waals surface area contributed by atoms with E-state index in [2.05, 4.69) is 18.3 Å². The molecule has 1 N–H and O–H groups in total. The molecule has 0 saturated carbocycles. The van der Waals surface area contributed by atoms with Gasteiger partial charge in [0.15, 0.2) is 0 Å². The number of halogens is 1. The summed E-state index contributed by atoms with van der Waals surface area (Å²) in [6.07, 6.45) is 3.03. The van der Waals surface area contributed by atoms with Gasteiger partial charge in [-0.2, -0.15) is 0 Å². The second-order valence-electron chi connectivity index (χ2n) is 5.17. The van der Waals surface area contributed by atoms with Crippen LogP contribution in [0.4, 0.5) is 4.39 Å². The van der Waals surface area contributed by atoms with Crippen LogP contribution in [0.1, 0.15) is 37.8 Å². The predicted molar refractivity (Wildman–Crippen MR) is 69.9 cm³/mol. The van der Waals surface area contributed by atoms with Gasteiger partial charge in [-0.15, -0.1) is 0 Å². The fourth-order valence-electron chi connectivity index (χ4n) is 2.65. The molecule has 1 aliphatic heterocycles. The highest BCUT2D eigenvalue weighted by atomic mass is 19.1. The number of piperidine rings is 1. The van der Waals surface area contributed by atoms with E-state index in [1.165, 1.54) is 5.56 Å². The van der Waals surface area contributed by atoms with Crippen LogP contribution in [0.25, 0.3) is 0 Å². The van der Waals surface area contributed by atoms with Crippen LogP contribution in [-0.4, -0.2) is 13.1 Å². The van der Waals surface area contributed by atoms with Gasteiger partial charge in [0.2, 0.25) is 0 Å². The average Bonchev–Trinajstić information content (AvgIpc) is 2.40. The Labute approximate surface area is 103 Å². The zero-order valence-electron chi connectivity index (χ0n) is 10.8. The van der Waals surface area contributed by atoms with E-state index in [4.69, 9.17) is 0 Å². The monoisotopic (exact) mass is 235 g/mol. The summed E-state index contributed by atoms with van der Waals surface area (Å²) in [7, 11) is 0. The maximum atomic E-state index is 15.0. The molecule has 0 radical (unpaired) electrons. The summed E-state index contributed by atoms with van der Waals surface area (Å²) in [5.74, 6) is 0.100. The molecular weight excluding hydrogens is 213 g/mol. The van der Waals surface area contributed by atoms with Crippen molar-refractivity contribution in [2.24, 2.45) is 5.92 Å². The zero-order chi connectivity index (χ0) is 12.3. The maximum absolute atomic E-state index is 15.0. The van der Waals surface area contributed by atoms with Crippen molar-refractivity contribution in [1.82, 2.24) is 5.32 Å². The largest absolute Gasteiger partial charge is 0.316 e. The summed E-state index contributed by atoms with van der Waals surface area (Å²) in [6.45, 7) is 5.67. The van der Waals surface area contributed by atoms with Gasteiger partial charge >= 0.3 is 0 Å². The smallest absolute Gasteiger partial charge is 0.137 e. The standard InChI is InChI=1S/C15H22FN/c1-3-12-6-4-7-13(10-12)15(2,16)14-8-5-9-17-11-14/h4,6-7,10,14,17H,3,5,8-9,11H2,1-2H3. The van der Waals surface area contributed by atoms with Gasteiger partial charge in [-0.05, 0) is 43.9 Å². The molecule has 94 valence electrons. The van der Waals surface area contributed by atoms with Crippen molar-refractivity contribution in [2.45, 2.75) is 38.8 Å². The Morgan fingerprint density at radius 2 is 2.29 bits per heavy atom. The van der Waals surface area contributed by atoms with E-state index in [-0.39, 0.29) is 5.92 Å². The van der Waals surface area contributed by atoms with E-state index < -0.39 is 5.67 Å². The van der Waals surface area contributed by atoms with Crippen molar-refractivity contribution >= 4 is 0 Å². The van der Waals surface area contributed by atoms with Crippen LogP contribution in [0.15, 0.2) is 24.3 Å². The summed E-state index contributed by atoms with van der Waals surface area (Å²) in [4.78, 5) is 0. The van der Waals surface area contributed by atoms with E-state index >= 15 is 0 Å². The summed E-state index contributed by atoms with van der Waals surface area (Å²) < 4.78 is 15.0. The number of rotatable bonds is 3. The Hall–Kier alpha value is -0.890. The molecule has 0 aliphatic carbocycles. The van der Waals surface area contributed by atoms with Gasteiger partial charge in [0.25, 0.3) is 0 Å². The number of hydrogen-bond donors (Lipinski definition) is 1. The molecule has 1 aliphatic rings. The van der Waals surface area contributed by atoms with Crippen molar-refractivity contribution in [3.63, 3.8) is 0 Å². The summed E-state index contributed by atoms with van der Waals surface area (Å²) in [5, 5.41) is 3.30. The highest BCUT2D eigenvalue weighted by Gasteiger charge is 2.36. The van der Waals surface area contributed by atoms with Gasteiger partial charge in [0.05, 0.1) is 0 Å². The van der Waals surface area contributed by atoms with Gasteiger partial charge in [-0.25, -0.2) is 4.39 Å². The van der Waals surface area contributed by atoms with Crippen LogP contribution in [0.5, 0.6) is 0 Å². The minimum absolute atomic E-state index is 0.100. The molecule has 2 heteroatoms. The van der Waals surface area contributed by atoms with Crippen molar-refractivity contribution in [3.05, 3.63) is 35.4 Å². The SMILES string of the molecule is CCc1cccc(C(C)(F)C2CCCNC2)c1. The van der Waals surface area contributed by atoms with E-state index in [1.807, 2.05) is 18.2 Å². The molecule has 0 spiro atoms. The molecule has 1 nitrogen and oxygen atoms in total. The molecule has 2 rings (SSSR count). The topological polar surface area (TPSA) is 12.0 Å². The van der Waals surface area contributed by atoms with Crippen LogP contribution < -0.4 is 5.32 Å². The van der Waals surface area contributed by atoms with Crippen LogP contribution in [-0.2, 0) is 12.1 Å². The summed E-state index contributed by atoms with van der Waals surface area (Å²) in [6, 6.07) is 7.99. The minimum Gasteiger partial charge on any atom is -0.316 e. The lowest BCUT2D eigenvalue weighted by atomic mass is 9.80. The van der Waals surface area contributed by atoms with Gasteiger partial charge in [0.1, 0.15) is 5.67 Å². The second kappa shape index (κ2) is 5.18. The van der Waals surface area contributed by atoms with E-state index in [0.29, 0.717) is 0 Å². The lowest BCUT2D eigenvalue weighted by molar-refractivity contribution is 0.0811. The van der Waals surface area contributed by atoms with E-state index in [0.717, 1.165) is 37.9 Å². The van der Waals surface area contributed by atoms with E-state index in [1.54, 1.807) is 6.92 Å². The molecule has 17 heavy (non-hydrogen) atoms. The highest BCUT2D eigenvalue weighted by Crippen LogP contribution is 2.37. The Balaban J connectivity index is 2.22. The average molecular weight is 235 g/mol. The molecule has 1 aromatic rings. The molecule has 1 aromatic carbocycles. The predicted octanol–water partition coefficient (Wildman–Crippen LogP) is 3.43. The molecule has 0 bridgehead atoms. The first-order valence-corrected chi connectivity index (χ1v) is 6.63. The lowest BCUT2D eigenvalue weighted by Crippen LogP contribution is -2.40. The quantitative estimate of drug-likeness (QED) is 0.846. The first-order valence-electron chi connectivity index (χ1n) is 6.63. The molecular formula is C15H22FN. The van der Waals surface area contributed by atoms with Crippen molar-refractivity contribution in [3.8, 4) is 0 Å². The molecule has 0 amide bonds. The van der Waals surface area contributed by atoms with Gasteiger partial charge < -0.3 is 5.32 Å². The third-order valence-electron chi connectivity index (χ3n) is 3.96. The van der Waals surface area contributed by atoms with Crippen molar-refractivity contribution in [2.75, 3.05) is 13.1 Å². The number of hydrogen-bond acceptors (Lipinski definition) is 1. The Morgan fingerprint density at radius 1 is 1.47 bits per heavy atom. The molecule has 1 saturated heterocycles. The molecule has 1 fully saturated rings. The summed E-state index contributed by atoms with van der Waals surface area (Å²) in [5.41, 5.74) is 0.846. The van der Waals surface area contributed by atoms with Gasteiger partial charge in [0, 0.05) is 12.5 Å². The fourth-order valence-corrected chi connectivity index (χ4v) is 2.65.